The molecule has 0 amide bonds. The van der Waals surface area contributed by atoms with Crippen LogP contribution in [0.4, 0.5) is 0 Å². The summed E-state index contributed by atoms with van der Waals surface area (Å²) in [4.78, 5) is 17.1. The number of likely N-dealkylation sites (N-methyl/N-ethyl adjacent to an activating group) is 1. The number of Topliss-reactive ketones (excluding diaryl/α,β-unsaturated/α-hetero) is 1. The lowest BCUT2D eigenvalue weighted by Gasteiger charge is -2.31. The summed E-state index contributed by atoms with van der Waals surface area (Å²) in [7, 11) is 2.13. The first-order valence-corrected chi connectivity index (χ1v) is 10.3. The zero-order chi connectivity index (χ0) is 19.1. The van der Waals surface area contributed by atoms with Crippen molar-refractivity contribution in [3.63, 3.8) is 0 Å². The molecule has 1 fully saturated rings. The molecule has 1 aliphatic rings. The van der Waals surface area contributed by atoms with Crippen molar-refractivity contribution < 1.29 is 4.79 Å². The van der Waals surface area contributed by atoms with E-state index in [-0.39, 0.29) is 5.78 Å². The van der Waals surface area contributed by atoms with Crippen LogP contribution in [0.3, 0.4) is 0 Å². The van der Waals surface area contributed by atoms with Crippen molar-refractivity contribution in [2.24, 2.45) is 0 Å². The van der Waals surface area contributed by atoms with Crippen molar-refractivity contribution in [1.29, 1.82) is 0 Å². The molecule has 27 heavy (non-hydrogen) atoms. The van der Waals surface area contributed by atoms with Crippen LogP contribution in [0.5, 0.6) is 0 Å². The van der Waals surface area contributed by atoms with Gasteiger partial charge in [0, 0.05) is 31.7 Å². The van der Waals surface area contributed by atoms with E-state index in [0.29, 0.717) is 6.54 Å². The lowest BCUT2D eigenvalue weighted by Crippen LogP contribution is -2.46. The topological polar surface area (TPSA) is 23.6 Å². The molecule has 0 saturated carbocycles. The number of ketones is 1. The Hall–Kier alpha value is -1.97. The van der Waals surface area contributed by atoms with E-state index in [0.717, 1.165) is 38.2 Å². The molecule has 0 aromatic heterocycles. The number of aryl methyl sites for hydroxylation is 1. The number of benzene rings is 2. The van der Waals surface area contributed by atoms with Crippen molar-refractivity contribution in [2.45, 2.75) is 32.6 Å². The van der Waals surface area contributed by atoms with Crippen LogP contribution in [0.25, 0.3) is 11.1 Å². The highest BCUT2D eigenvalue weighted by Crippen LogP contribution is 2.21. The zero-order valence-corrected chi connectivity index (χ0v) is 16.8. The normalized spacial score (nSPS) is 15.8. The van der Waals surface area contributed by atoms with Gasteiger partial charge < -0.3 is 4.90 Å². The van der Waals surface area contributed by atoms with Gasteiger partial charge in [-0.2, -0.15) is 0 Å². The Balaban J connectivity index is 1.57. The van der Waals surface area contributed by atoms with Gasteiger partial charge in [-0.1, -0.05) is 68.3 Å². The summed E-state index contributed by atoms with van der Waals surface area (Å²) in [6.07, 6.45) is 4.98. The fourth-order valence-electron chi connectivity index (χ4n) is 3.59. The second-order valence-electron chi connectivity index (χ2n) is 7.73. The number of rotatable bonds is 8. The van der Waals surface area contributed by atoms with Crippen LogP contribution >= 0.6 is 0 Å². The van der Waals surface area contributed by atoms with E-state index in [4.69, 9.17) is 0 Å². The van der Waals surface area contributed by atoms with Gasteiger partial charge in [0.15, 0.2) is 5.78 Å². The fourth-order valence-corrected chi connectivity index (χ4v) is 3.59. The Morgan fingerprint density at radius 2 is 1.44 bits per heavy atom. The van der Waals surface area contributed by atoms with E-state index in [2.05, 4.69) is 60.2 Å². The zero-order valence-electron chi connectivity index (χ0n) is 16.8. The van der Waals surface area contributed by atoms with Gasteiger partial charge in [-0.05, 0) is 36.6 Å². The molecule has 0 radical (unpaired) electrons. The second-order valence-corrected chi connectivity index (χ2v) is 7.73. The van der Waals surface area contributed by atoms with Crippen molar-refractivity contribution in [1.82, 2.24) is 9.80 Å². The maximum absolute atomic E-state index is 12.6. The molecule has 0 N–H and O–H groups in total. The molecule has 3 nitrogen and oxygen atoms in total. The molecule has 144 valence electrons. The van der Waals surface area contributed by atoms with Gasteiger partial charge in [0.1, 0.15) is 0 Å². The fraction of sp³-hybridized carbons (Fsp3) is 0.458. The van der Waals surface area contributed by atoms with E-state index in [1.54, 1.807) is 0 Å². The summed E-state index contributed by atoms with van der Waals surface area (Å²) < 4.78 is 0. The number of unbranched alkanes of at least 4 members (excludes halogenated alkanes) is 2. The summed E-state index contributed by atoms with van der Waals surface area (Å²) in [5, 5.41) is 0. The van der Waals surface area contributed by atoms with E-state index >= 15 is 0 Å². The highest BCUT2D eigenvalue weighted by atomic mass is 16.1. The molecule has 1 aliphatic heterocycles. The predicted octanol–water partition coefficient (Wildman–Crippen LogP) is 4.52. The number of piperazine rings is 1. The highest BCUT2D eigenvalue weighted by molar-refractivity contribution is 5.98. The first-order chi connectivity index (χ1) is 13.2. The third-order valence-corrected chi connectivity index (χ3v) is 5.53. The molecule has 0 atom stereocenters. The van der Waals surface area contributed by atoms with Gasteiger partial charge in [-0.25, -0.2) is 0 Å². The molecule has 1 heterocycles. The average molecular weight is 365 g/mol. The first kappa shape index (κ1) is 19.8. The van der Waals surface area contributed by atoms with Crippen LogP contribution in [0.15, 0.2) is 48.5 Å². The van der Waals surface area contributed by atoms with E-state index in [9.17, 15) is 4.79 Å². The maximum Gasteiger partial charge on any atom is 0.176 e. The van der Waals surface area contributed by atoms with Crippen molar-refractivity contribution in [2.75, 3.05) is 39.8 Å². The van der Waals surface area contributed by atoms with Gasteiger partial charge in [-0.15, -0.1) is 0 Å². The molecule has 1 saturated heterocycles. The lowest BCUT2D eigenvalue weighted by atomic mass is 9.99. The Kier molecular flexibility index (Phi) is 7.19. The van der Waals surface area contributed by atoms with Crippen LogP contribution in [-0.2, 0) is 6.42 Å². The van der Waals surface area contributed by atoms with E-state index < -0.39 is 0 Å². The smallest absolute Gasteiger partial charge is 0.176 e. The third kappa shape index (κ3) is 5.75. The molecule has 3 heteroatoms. The van der Waals surface area contributed by atoms with Crippen LogP contribution in [0.2, 0.25) is 0 Å². The molecule has 2 aromatic rings. The standard InChI is InChI=1S/C24H32N2O/c1-3-4-5-6-20-7-9-21(10-8-20)22-11-13-23(14-12-22)24(27)19-26-17-15-25(2)16-18-26/h7-14H,3-6,15-19H2,1-2H3. The quantitative estimate of drug-likeness (QED) is 0.508. The predicted molar refractivity (Wildman–Crippen MR) is 113 cm³/mol. The minimum Gasteiger partial charge on any atom is -0.304 e. The minimum absolute atomic E-state index is 0.220. The second kappa shape index (κ2) is 9.82. The SMILES string of the molecule is CCCCCc1ccc(-c2ccc(C(=O)CN3CCN(C)CC3)cc2)cc1. The number of hydrogen-bond acceptors (Lipinski definition) is 3. The average Bonchev–Trinajstić information content (AvgIpc) is 2.70. The van der Waals surface area contributed by atoms with Crippen molar-refractivity contribution >= 4 is 5.78 Å². The molecule has 0 bridgehead atoms. The molecule has 0 spiro atoms. The Bertz CT molecular complexity index is 713. The molecule has 2 aromatic carbocycles. The Morgan fingerprint density at radius 1 is 0.852 bits per heavy atom. The van der Waals surface area contributed by atoms with E-state index in [1.807, 2.05) is 12.1 Å². The summed E-state index contributed by atoms with van der Waals surface area (Å²) in [6.45, 7) is 6.81. The van der Waals surface area contributed by atoms with Crippen LogP contribution < -0.4 is 0 Å². The number of nitrogens with zero attached hydrogens (tertiary/aromatic N) is 2. The number of hydrogen-bond donors (Lipinski definition) is 0. The Labute approximate surface area is 164 Å². The minimum atomic E-state index is 0.220. The molecular weight excluding hydrogens is 332 g/mol. The first-order valence-electron chi connectivity index (χ1n) is 10.3. The molecular formula is C24H32N2O. The van der Waals surface area contributed by atoms with Gasteiger partial charge in [0.2, 0.25) is 0 Å². The largest absolute Gasteiger partial charge is 0.304 e. The Morgan fingerprint density at radius 3 is 2.04 bits per heavy atom. The maximum atomic E-state index is 12.6. The summed E-state index contributed by atoms with van der Waals surface area (Å²) in [5.41, 5.74) is 4.61. The van der Waals surface area contributed by atoms with Crippen LogP contribution in [0, 0.1) is 0 Å². The van der Waals surface area contributed by atoms with Crippen molar-refractivity contribution in [3.05, 3.63) is 59.7 Å². The summed E-state index contributed by atoms with van der Waals surface area (Å²) in [6, 6.07) is 17.0. The van der Waals surface area contributed by atoms with E-state index in [1.165, 1.54) is 36.0 Å². The lowest BCUT2D eigenvalue weighted by molar-refractivity contribution is 0.0876. The summed E-state index contributed by atoms with van der Waals surface area (Å²) in [5.74, 6) is 0.220. The molecule has 3 rings (SSSR count). The van der Waals surface area contributed by atoms with Gasteiger partial charge in [0.05, 0.1) is 6.54 Å². The van der Waals surface area contributed by atoms with Gasteiger partial charge >= 0.3 is 0 Å². The monoisotopic (exact) mass is 364 g/mol. The van der Waals surface area contributed by atoms with Gasteiger partial charge in [-0.3, -0.25) is 9.69 Å². The molecule has 0 unspecified atom stereocenters. The number of carbonyl (C=O) groups is 1. The van der Waals surface area contributed by atoms with Crippen LogP contribution in [-0.4, -0.2) is 55.4 Å². The van der Waals surface area contributed by atoms with Crippen LogP contribution in [0.1, 0.15) is 42.1 Å². The van der Waals surface area contributed by atoms with Crippen molar-refractivity contribution in [3.8, 4) is 11.1 Å². The summed E-state index contributed by atoms with van der Waals surface area (Å²) >= 11 is 0. The highest BCUT2D eigenvalue weighted by Gasteiger charge is 2.17. The molecule has 0 aliphatic carbocycles. The number of carbonyl (C=O) groups excluding carboxylic acids is 1. The van der Waals surface area contributed by atoms with Gasteiger partial charge in [0.25, 0.3) is 0 Å². The third-order valence-electron chi connectivity index (χ3n) is 5.53.